The molecule has 3 aromatic rings. The number of piperidine rings is 1. The highest BCUT2D eigenvalue weighted by atomic mass is 35.5. The molecule has 5 atom stereocenters. The predicted molar refractivity (Wildman–Crippen MR) is 133 cm³/mol. The van der Waals surface area contributed by atoms with Crippen molar-refractivity contribution >= 4 is 23.3 Å². The third-order valence-corrected chi connectivity index (χ3v) is 7.75. The molecule has 1 N–H and O–H groups in total. The van der Waals surface area contributed by atoms with Crippen LogP contribution in [0.2, 0.25) is 5.02 Å². The second-order valence-corrected chi connectivity index (χ2v) is 10.1. The summed E-state index contributed by atoms with van der Waals surface area (Å²) in [5.74, 6) is 0.0612. The van der Waals surface area contributed by atoms with Gasteiger partial charge in [0.25, 0.3) is 0 Å². The lowest BCUT2D eigenvalue weighted by Crippen LogP contribution is -2.57. The van der Waals surface area contributed by atoms with Crippen LogP contribution >= 0.6 is 11.6 Å². The minimum atomic E-state index is -1.09. The molecule has 0 unspecified atom stereocenters. The molecule has 0 bridgehead atoms. The van der Waals surface area contributed by atoms with Gasteiger partial charge in [0.2, 0.25) is 5.91 Å². The third-order valence-electron chi connectivity index (χ3n) is 7.53. The number of aliphatic hydroxyl groups is 1. The molecule has 2 saturated heterocycles. The number of hydrogen-bond acceptors (Lipinski definition) is 7. The van der Waals surface area contributed by atoms with Gasteiger partial charge in [-0.1, -0.05) is 31.5 Å². The van der Waals surface area contributed by atoms with Crippen molar-refractivity contribution in [3.63, 3.8) is 0 Å². The molecule has 3 aromatic heterocycles. The Kier molecular flexibility index (Phi) is 6.42. The van der Waals surface area contributed by atoms with Crippen LogP contribution in [0.15, 0.2) is 61.1 Å². The molecule has 5 rings (SSSR count). The van der Waals surface area contributed by atoms with E-state index >= 15 is 0 Å². The van der Waals surface area contributed by atoms with Gasteiger partial charge in [0.1, 0.15) is 5.60 Å². The topological polar surface area (TPSA) is 95.3 Å². The summed E-state index contributed by atoms with van der Waals surface area (Å²) in [7, 11) is 0. The normalized spacial score (nSPS) is 28.8. The number of aromatic nitrogens is 4. The number of hydrogen-bond donors (Lipinski definition) is 1. The van der Waals surface area contributed by atoms with Gasteiger partial charge in [-0.15, -0.1) is 5.10 Å². The van der Waals surface area contributed by atoms with Crippen LogP contribution in [-0.4, -0.2) is 62.3 Å². The molecule has 182 valence electrons. The fourth-order valence-corrected chi connectivity index (χ4v) is 5.74. The molecule has 0 saturated carbocycles. The molecule has 0 aromatic carbocycles. The van der Waals surface area contributed by atoms with Gasteiger partial charge < -0.3 is 14.9 Å². The largest absolute Gasteiger partial charge is 0.383 e. The van der Waals surface area contributed by atoms with Crippen LogP contribution in [0.4, 0.5) is 5.82 Å². The standard InChI is InChI=1S/C26H29ClN6O2/c1-17-13-33(14-18(2)26(17,35)23-6-3-4-10-28-23)25(34)21-16-32(24-7-5-11-30-31-24)15-20(21)22-9-8-19(27)12-29-22/h3-12,17-18,20-21,35H,13-16H2,1-2H3/t17-,18+,20-,21-,26+/m1/s1. The maximum atomic E-state index is 14.0. The highest BCUT2D eigenvalue weighted by molar-refractivity contribution is 6.30. The number of amides is 1. The highest BCUT2D eigenvalue weighted by Gasteiger charge is 2.50. The van der Waals surface area contributed by atoms with Crippen molar-refractivity contribution in [1.29, 1.82) is 0 Å². The maximum Gasteiger partial charge on any atom is 0.228 e. The summed E-state index contributed by atoms with van der Waals surface area (Å²) < 4.78 is 0. The molecular weight excluding hydrogens is 464 g/mol. The first-order valence-corrected chi connectivity index (χ1v) is 12.3. The molecule has 2 aliphatic rings. The average molecular weight is 493 g/mol. The van der Waals surface area contributed by atoms with E-state index in [1.54, 1.807) is 18.6 Å². The zero-order chi connectivity index (χ0) is 24.6. The van der Waals surface area contributed by atoms with Crippen LogP contribution in [0, 0.1) is 17.8 Å². The fourth-order valence-electron chi connectivity index (χ4n) is 5.63. The average Bonchev–Trinajstić information content (AvgIpc) is 3.33. The van der Waals surface area contributed by atoms with E-state index in [1.807, 2.05) is 61.2 Å². The lowest BCUT2D eigenvalue weighted by Gasteiger charge is -2.48. The summed E-state index contributed by atoms with van der Waals surface area (Å²) >= 11 is 6.08. The summed E-state index contributed by atoms with van der Waals surface area (Å²) in [6, 6.07) is 13.1. The number of nitrogens with zero attached hydrogens (tertiary/aromatic N) is 6. The zero-order valence-electron chi connectivity index (χ0n) is 19.8. The van der Waals surface area contributed by atoms with Crippen LogP contribution in [-0.2, 0) is 10.4 Å². The molecule has 0 aliphatic carbocycles. The van der Waals surface area contributed by atoms with E-state index in [0.717, 1.165) is 11.5 Å². The highest BCUT2D eigenvalue weighted by Crippen LogP contribution is 2.42. The molecule has 8 nitrogen and oxygen atoms in total. The molecule has 0 radical (unpaired) electrons. The Morgan fingerprint density at radius 2 is 1.80 bits per heavy atom. The molecule has 2 aliphatic heterocycles. The van der Waals surface area contributed by atoms with Crippen LogP contribution in [0.25, 0.3) is 0 Å². The van der Waals surface area contributed by atoms with Gasteiger partial charge in [-0.05, 0) is 36.4 Å². The Balaban J connectivity index is 1.41. The lowest BCUT2D eigenvalue weighted by atomic mass is 9.72. The molecule has 0 spiro atoms. The van der Waals surface area contributed by atoms with E-state index in [1.165, 1.54) is 0 Å². The monoisotopic (exact) mass is 492 g/mol. The molecular formula is C26H29ClN6O2. The smallest absolute Gasteiger partial charge is 0.228 e. The number of carbonyl (C=O) groups excluding carboxylic acids is 1. The summed E-state index contributed by atoms with van der Waals surface area (Å²) in [6.45, 7) is 6.03. The first-order chi connectivity index (χ1) is 16.9. The van der Waals surface area contributed by atoms with Crippen LogP contribution in [0.5, 0.6) is 0 Å². The lowest BCUT2D eigenvalue weighted by molar-refractivity contribution is -0.153. The number of carbonyl (C=O) groups is 1. The van der Waals surface area contributed by atoms with E-state index in [0.29, 0.717) is 36.9 Å². The summed E-state index contributed by atoms with van der Waals surface area (Å²) in [5.41, 5.74) is 0.406. The maximum absolute atomic E-state index is 14.0. The number of halogens is 1. The van der Waals surface area contributed by atoms with E-state index < -0.39 is 5.60 Å². The molecule has 2 fully saturated rings. The fraction of sp³-hybridized carbons (Fsp3) is 0.423. The zero-order valence-corrected chi connectivity index (χ0v) is 20.6. The Morgan fingerprint density at radius 1 is 1.00 bits per heavy atom. The second-order valence-electron chi connectivity index (χ2n) is 9.69. The Hall–Kier alpha value is -3.10. The van der Waals surface area contributed by atoms with Crippen molar-refractivity contribution in [2.75, 3.05) is 31.1 Å². The van der Waals surface area contributed by atoms with Crippen molar-refractivity contribution in [3.8, 4) is 0 Å². The third kappa shape index (κ3) is 4.36. The van der Waals surface area contributed by atoms with Crippen molar-refractivity contribution in [2.24, 2.45) is 17.8 Å². The van der Waals surface area contributed by atoms with Crippen molar-refractivity contribution < 1.29 is 9.90 Å². The Morgan fingerprint density at radius 3 is 2.43 bits per heavy atom. The van der Waals surface area contributed by atoms with Gasteiger partial charge in [0.05, 0.1) is 16.6 Å². The van der Waals surface area contributed by atoms with Gasteiger partial charge >= 0.3 is 0 Å². The number of rotatable bonds is 4. The molecule has 1 amide bonds. The Labute approximate surface area is 210 Å². The van der Waals surface area contributed by atoms with Crippen LogP contribution in [0.3, 0.4) is 0 Å². The number of likely N-dealkylation sites (tertiary alicyclic amines) is 1. The predicted octanol–water partition coefficient (Wildman–Crippen LogP) is 3.14. The summed E-state index contributed by atoms with van der Waals surface area (Å²) in [5, 5.41) is 20.5. The van der Waals surface area contributed by atoms with Crippen molar-refractivity contribution in [3.05, 3.63) is 77.5 Å². The minimum Gasteiger partial charge on any atom is -0.383 e. The van der Waals surface area contributed by atoms with E-state index in [-0.39, 0.29) is 29.6 Å². The molecule has 35 heavy (non-hydrogen) atoms. The van der Waals surface area contributed by atoms with Crippen LogP contribution in [0.1, 0.15) is 31.2 Å². The summed E-state index contributed by atoms with van der Waals surface area (Å²) in [4.78, 5) is 27.0. The first-order valence-electron chi connectivity index (χ1n) is 11.9. The number of anilines is 1. The number of pyridine rings is 2. The second kappa shape index (κ2) is 9.51. The van der Waals surface area contributed by atoms with Crippen LogP contribution < -0.4 is 4.90 Å². The van der Waals surface area contributed by atoms with Gasteiger partial charge in [0, 0.05) is 68.2 Å². The van der Waals surface area contributed by atoms with Gasteiger partial charge in [-0.3, -0.25) is 14.8 Å². The quantitative estimate of drug-likeness (QED) is 0.597. The molecule has 5 heterocycles. The van der Waals surface area contributed by atoms with Crippen molar-refractivity contribution in [2.45, 2.75) is 25.4 Å². The van der Waals surface area contributed by atoms with Crippen molar-refractivity contribution in [1.82, 2.24) is 25.1 Å². The van der Waals surface area contributed by atoms with Gasteiger partial charge in [-0.25, -0.2) is 0 Å². The summed E-state index contributed by atoms with van der Waals surface area (Å²) in [6.07, 6.45) is 4.97. The van der Waals surface area contributed by atoms with E-state index in [4.69, 9.17) is 11.6 Å². The van der Waals surface area contributed by atoms with E-state index in [9.17, 15) is 9.90 Å². The minimum absolute atomic E-state index is 0.0694. The van der Waals surface area contributed by atoms with E-state index in [2.05, 4.69) is 25.1 Å². The Bertz CT molecular complexity index is 1150. The van der Waals surface area contributed by atoms with Gasteiger partial charge in [0.15, 0.2) is 5.82 Å². The first kappa shape index (κ1) is 23.6. The van der Waals surface area contributed by atoms with Gasteiger partial charge in [-0.2, -0.15) is 5.10 Å². The SMILES string of the molecule is C[C@@H]1CN(C(=O)[C@@H]2CN(c3cccnn3)C[C@H]2c2ccc(Cl)cn2)C[C@H](C)[C@]1(O)c1ccccn1. The molecule has 9 heteroatoms.